The maximum absolute atomic E-state index is 9.13. The van der Waals surface area contributed by atoms with Crippen LogP contribution in [0.15, 0.2) is 48.5 Å². The van der Waals surface area contributed by atoms with Gasteiger partial charge in [-0.2, -0.15) is 5.26 Å². The maximum atomic E-state index is 9.13. The molecule has 0 aliphatic heterocycles. The Hall–Kier alpha value is -2.53. The lowest BCUT2D eigenvalue weighted by Gasteiger charge is -2.08. The summed E-state index contributed by atoms with van der Waals surface area (Å²) in [4.78, 5) is 0. The molecule has 0 aliphatic carbocycles. The third-order valence-electron chi connectivity index (χ3n) is 3.05. The summed E-state index contributed by atoms with van der Waals surface area (Å²) >= 11 is 0. The molecule has 3 aromatic carbocycles. The van der Waals surface area contributed by atoms with E-state index in [1.54, 1.807) is 6.07 Å². The number of rotatable bonds is 0. The zero-order valence-corrected chi connectivity index (χ0v) is 9.14. The van der Waals surface area contributed by atoms with Gasteiger partial charge in [0.2, 0.25) is 0 Å². The second-order valence-corrected chi connectivity index (χ2v) is 4.03. The van der Waals surface area contributed by atoms with Gasteiger partial charge >= 0.3 is 0 Å². The Kier molecular flexibility index (Phi) is 1.99. The van der Waals surface area contributed by atoms with E-state index in [9.17, 15) is 0 Å². The number of hydrogen-bond donors (Lipinski definition) is 1. The average Bonchev–Trinajstić information content (AvgIpc) is 2.38. The minimum absolute atomic E-state index is 0.630. The fourth-order valence-electron chi connectivity index (χ4n) is 2.25. The number of nitrogens with two attached hydrogens (primary N) is 1. The third kappa shape index (κ3) is 1.33. The van der Waals surface area contributed by atoms with Crippen molar-refractivity contribution < 1.29 is 0 Å². The minimum Gasteiger partial charge on any atom is -0.398 e. The molecule has 0 saturated carbocycles. The molecule has 0 aromatic heterocycles. The van der Waals surface area contributed by atoms with Gasteiger partial charge in [-0.25, -0.2) is 0 Å². The Morgan fingerprint density at radius 1 is 0.941 bits per heavy atom. The van der Waals surface area contributed by atoms with Gasteiger partial charge in [-0.05, 0) is 22.9 Å². The van der Waals surface area contributed by atoms with Crippen LogP contribution in [0.1, 0.15) is 5.56 Å². The third-order valence-corrected chi connectivity index (χ3v) is 3.05. The molecule has 0 spiro atoms. The Morgan fingerprint density at radius 3 is 2.53 bits per heavy atom. The van der Waals surface area contributed by atoms with Crippen LogP contribution in [-0.4, -0.2) is 0 Å². The van der Waals surface area contributed by atoms with Crippen molar-refractivity contribution in [3.63, 3.8) is 0 Å². The molecule has 3 aromatic rings. The summed E-state index contributed by atoms with van der Waals surface area (Å²) in [6.07, 6.45) is 0. The number of nitriles is 1. The molecule has 0 aliphatic rings. The summed E-state index contributed by atoms with van der Waals surface area (Å²) in [7, 11) is 0. The Balaban J connectivity index is 2.61. The highest BCUT2D eigenvalue weighted by Crippen LogP contribution is 2.32. The zero-order chi connectivity index (χ0) is 11.8. The molecule has 3 rings (SSSR count). The molecule has 0 fully saturated rings. The summed E-state index contributed by atoms with van der Waals surface area (Å²) in [5.41, 5.74) is 7.50. The van der Waals surface area contributed by atoms with Gasteiger partial charge in [0, 0.05) is 16.5 Å². The van der Waals surface area contributed by atoms with Crippen LogP contribution in [0.5, 0.6) is 0 Å². The van der Waals surface area contributed by atoms with E-state index in [1.165, 1.54) is 0 Å². The lowest BCUT2D eigenvalue weighted by Crippen LogP contribution is -1.92. The maximum Gasteiger partial charge on any atom is 0.0998 e. The fraction of sp³-hybridized carbons (Fsp3) is 0. The van der Waals surface area contributed by atoms with Gasteiger partial charge in [0.25, 0.3) is 0 Å². The Labute approximate surface area is 98.9 Å². The van der Waals surface area contributed by atoms with E-state index in [0.717, 1.165) is 21.5 Å². The van der Waals surface area contributed by atoms with Gasteiger partial charge < -0.3 is 5.73 Å². The van der Waals surface area contributed by atoms with Crippen LogP contribution in [0.25, 0.3) is 21.5 Å². The van der Waals surface area contributed by atoms with E-state index in [1.807, 2.05) is 36.4 Å². The van der Waals surface area contributed by atoms with Crippen LogP contribution in [0.2, 0.25) is 0 Å². The zero-order valence-electron chi connectivity index (χ0n) is 9.14. The van der Waals surface area contributed by atoms with Crippen molar-refractivity contribution in [3.8, 4) is 6.07 Å². The topological polar surface area (TPSA) is 49.8 Å². The molecule has 0 heterocycles. The molecular weight excluding hydrogens is 208 g/mol. The quantitative estimate of drug-likeness (QED) is 0.464. The standard InChI is InChI=1S/C15H10N2/c16-9-12-6-3-5-11-8-10-4-1-2-7-13(10)15(17)14(11)12/h1-8H,17H2. The van der Waals surface area contributed by atoms with Gasteiger partial charge in [0.1, 0.15) is 0 Å². The first-order valence-electron chi connectivity index (χ1n) is 5.41. The highest BCUT2D eigenvalue weighted by molar-refractivity contribution is 6.11. The van der Waals surface area contributed by atoms with Crippen LogP contribution in [-0.2, 0) is 0 Å². The first kappa shape index (κ1) is 9.68. The summed E-state index contributed by atoms with van der Waals surface area (Å²) < 4.78 is 0. The van der Waals surface area contributed by atoms with E-state index in [-0.39, 0.29) is 0 Å². The highest BCUT2D eigenvalue weighted by atomic mass is 14.6. The van der Waals surface area contributed by atoms with E-state index >= 15 is 0 Å². The lowest BCUT2D eigenvalue weighted by atomic mass is 9.98. The molecule has 2 N–H and O–H groups in total. The first-order chi connectivity index (χ1) is 8.31. The summed E-state index contributed by atoms with van der Waals surface area (Å²) in [5, 5.41) is 13.1. The molecule has 0 unspecified atom stereocenters. The number of hydrogen-bond acceptors (Lipinski definition) is 2. The molecule has 0 bridgehead atoms. The molecule has 2 heteroatoms. The lowest BCUT2D eigenvalue weighted by molar-refractivity contribution is 1.50. The van der Waals surface area contributed by atoms with Crippen molar-refractivity contribution in [2.75, 3.05) is 5.73 Å². The van der Waals surface area contributed by atoms with Crippen LogP contribution < -0.4 is 5.73 Å². The summed E-state index contributed by atoms with van der Waals surface area (Å²) in [5.74, 6) is 0. The van der Waals surface area contributed by atoms with Crippen LogP contribution in [0.4, 0.5) is 5.69 Å². The van der Waals surface area contributed by atoms with Crippen LogP contribution >= 0.6 is 0 Å². The van der Waals surface area contributed by atoms with Gasteiger partial charge in [0.05, 0.1) is 11.6 Å². The van der Waals surface area contributed by atoms with E-state index in [2.05, 4.69) is 12.1 Å². The molecule has 0 radical (unpaired) electrons. The SMILES string of the molecule is N#Cc1cccc2cc3ccccc3c(N)c12. The molecular formula is C15H10N2. The summed E-state index contributed by atoms with van der Waals surface area (Å²) in [6.45, 7) is 0. The average molecular weight is 218 g/mol. The molecule has 80 valence electrons. The van der Waals surface area contributed by atoms with Crippen molar-refractivity contribution in [2.24, 2.45) is 0 Å². The molecule has 17 heavy (non-hydrogen) atoms. The summed E-state index contributed by atoms with van der Waals surface area (Å²) in [6, 6.07) is 17.9. The Bertz CT molecular complexity index is 767. The number of benzene rings is 3. The van der Waals surface area contributed by atoms with Crippen molar-refractivity contribution >= 4 is 27.2 Å². The van der Waals surface area contributed by atoms with Crippen LogP contribution in [0.3, 0.4) is 0 Å². The highest BCUT2D eigenvalue weighted by Gasteiger charge is 2.07. The van der Waals surface area contributed by atoms with E-state index in [4.69, 9.17) is 11.0 Å². The first-order valence-corrected chi connectivity index (χ1v) is 5.41. The second kappa shape index (κ2) is 3.50. The van der Waals surface area contributed by atoms with Gasteiger partial charge in [-0.3, -0.25) is 0 Å². The minimum atomic E-state index is 0.630. The van der Waals surface area contributed by atoms with Crippen molar-refractivity contribution in [2.45, 2.75) is 0 Å². The van der Waals surface area contributed by atoms with Gasteiger partial charge in [-0.1, -0.05) is 36.4 Å². The van der Waals surface area contributed by atoms with E-state index in [0.29, 0.717) is 11.3 Å². The van der Waals surface area contributed by atoms with E-state index < -0.39 is 0 Å². The molecule has 0 atom stereocenters. The predicted octanol–water partition coefficient (Wildman–Crippen LogP) is 3.45. The van der Waals surface area contributed by atoms with Crippen molar-refractivity contribution in [1.82, 2.24) is 0 Å². The number of nitrogens with zero attached hydrogens (tertiary/aromatic N) is 1. The van der Waals surface area contributed by atoms with Crippen molar-refractivity contribution in [1.29, 1.82) is 5.26 Å². The molecule has 2 nitrogen and oxygen atoms in total. The number of nitrogen functional groups attached to an aromatic ring is 1. The van der Waals surface area contributed by atoms with Gasteiger partial charge in [-0.15, -0.1) is 0 Å². The monoisotopic (exact) mass is 218 g/mol. The predicted molar refractivity (Wildman–Crippen MR) is 70.6 cm³/mol. The largest absolute Gasteiger partial charge is 0.398 e. The fourth-order valence-corrected chi connectivity index (χ4v) is 2.25. The van der Waals surface area contributed by atoms with Crippen molar-refractivity contribution in [3.05, 3.63) is 54.1 Å². The van der Waals surface area contributed by atoms with Gasteiger partial charge in [0.15, 0.2) is 0 Å². The normalized spacial score (nSPS) is 10.5. The van der Waals surface area contributed by atoms with Crippen LogP contribution in [0, 0.1) is 11.3 Å². The Morgan fingerprint density at radius 2 is 1.71 bits per heavy atom. The molecule has 0 saturated heterocycles. The number of fused-ring (bicyclic) bond motifs is 2. The second-order valence-electron chi connectivity index (χ2n) is 4.03. The smallest absolute Gasteiger partial charge is 0.0998 e. The molecule has 0 amide bonds. The number of anilines is 1.